The summed E-state index contributed by atoms with van der Waals surface area (Å²) in [5.74, 6) is -0.306. The van der Waals surface area contributed by atoms with Crippen LogP contribution >= 0.6 is 0 Å². The number of carbonyl (C=O) groups excluding carboxylic acids is 2. The van der Waals surface area contributed by atoms with Gasteiger partial charge >= 0.3 is 6.09 Å². The number of carbonyl (C=O) groups is 2. The molecule has 1 atom stereocenters. The van der Waals surface area contributed by atoms with Crippen molar-refractivity contribution >= 4 is 23.4 Å². The van der Waals surface area contributed by atoms with Gasteiger partial charge in [0.1, 0.15) is 6.04 Å². The lowest BCUT2D eigenvalue weighted by Gasteiger charge is -2.13. The van der Waals surface area contributed by atoms with Gasteiger partial charge in [0, 0.05) is 11.4 Å². The molecule has 0 radical (unpaired) electrons. The lowest BCUT2D eigenvalue weighted by Crippen LogP contribution is -2.27. The van der Waals surface area contributed by atoms with Crippen LogP contribution in [0.4, 0.5) is 16.2 Å². The Kier molecular flexibility index (Phi) is 5.11. The third kappa shape index (κ3) is 4.07. The van der Waals surface area contributed by atoms with Crippen molar-refractivity contribution in [2.24, 2.45) is 5.73 Å². The molecule has 0 aliphatic heterocycles. The largest absolute Gasteiger partial charge is 0.453 e. The maximum atomic E-state index is 12.1. The van der Waals surface area contributed by atoms with Gasteiger partial charge < -0.3 is 15.8 Å². The highest BCUT2D eigenvalue weighted by Gasteiger charge is 2.15. The van der Waals surface area contributed by atoms with Crippen molar-refractivity contribution in [3.8, 4) is 0 Å². The molecule has 0 spiro atoms. The number of methoxy groups -OCH3 is 1. The standard InChI is InChI=1S/C16H17N3O3/c1-22-16(21)19-13-9-7-12(8-10-13)18-15(20)14(17)11-5-3-2-4-6-11/h2-10,14H,17H2,1H3,(H,18,20)(H,19,21). The van der Waals surface area contributed by atoms with Crippen LogP contribution in [-0.2, 0) is 9.53 Å². The maximum absolute atomic E-state index is 12.1. The third-order valence-corrected chi connectivity index (χ3v) is 3.03. The Morgan fingerprint density at radius 3 is 2.05 bits per heavy atom. The molecule has 2 aromatic rings. The lowest BCUT2D eigenvalue weighted by molar-refractivity contribution is -0.117. The molecule has 0 saturated heterocycles. The molecule has 0 heterocycles. The number of anilines is 2. The summed E-state index contributed by atoms with van der Waals surface area (Å²) in [5, 5.41) is 5.25. The number of nitrogens with one attached hydrogen (secondary N) is 2. The van der Waals surface area contributed by atoms with Crippen molar-refractivity contribution in [1.82, 2.24) is 0 Å². The summed E-state index contributed by atoms with van der Waals surface area (Å²) in [4.78, 5) is 23.2. The molecule has 6 nitrogen and oxygen atoms in total. The first-order valence-corrected chi connectivity index (χ1v) is 6.66. The predicted octanol–water partition coefficient (Wildman–Crippen LogP) is 2.50. The zero-order chi connectivity index (χ0) is 15.9. The second kappa shape index (κ2) is 7.24. The van der Waals surface area contributed by atoms with Crippen molar-refractivity contribution in [3.63, 3.8) is 0 Å². The van der Waals surface area contributed by atoms with Crippen molar-refractivity contribution in [3.05, 3.63) is 60.2 Å². The third-order valence-electron chi connectivity index (χ3n) is 3.03. The van der Waals surface area contributed by atoms with Gasteiger partial charge in [-0.1, -0.05) is 30.3 Å². The van der Waals surface area contributed by atoms with Crippen molar-refractivity contribution in [2.45, 2.75) is 6.04 Å². The average Bonchev–Trinajstić information content (AvgIpc) is 2.56. The van der Waals surface area contributed by atoms with Crippen molar-refractivity contribution in [2.75, 3.05) is 17.7 Å². The Morgan fingerprint density at radius 2 is 1.50 bits per heavy atom. The van der Waals surface area contributed by atoms with Gasteiger partial charge in [0.2, 0.25) is 5.91 Å². The molecule has 1 unspecified atom stereocenters. The van der Waals surface area contributed by atoms with E-state index in [4.69, 9.17) is 5.73 Å². The first-order valence-electron chi connectivity index (χ1n) is 6.66. The summed E-state index contributed by atoms with van der Waals surface area (Å²) in [7, 11) is 1.29. The van der Waals surface area contributed by atoms with E-state index in [0.717, 1.165) is 5.56 Å². The Balaban J connectivity index is 1.98. The predicted molar refractivity (Wildman–Crippen MR) is 84.5 cm³/mol. The van der Waals surface area contributed by atoms with Crippen LogP contribution < -0.4 is 16.4 Å². The van der Waals surface area contributed by atoms with E-state index in [1.165, 1.54) is 7.11 Å². The van der Waals surface area contributed by atoms with E-state index >= 15 is 0 Å². The number of hydrogen-bond acceptors (Lipinski definition) is 4. The van der Waals surface area contributed by atoms with E-state index in [1.54, 1.807) is 36.4 Å². The van der Waals surface area contributed by atoms with E-state index in [9.17, 15) is 9.59 Å². The van der Waals surface area contributed by atoms with Gasteiger partial charge in [0.05, 0.1) is 7.11 Å². The molecule has 2 amide bonds. The summed E-state index contributed by atoms with van der Waals surface area (Å²) in [5.41, 5.74) is 7.81. The average molecular weight is 299 g/mol. The SMILES string of the molecule is COC(=O)Nc1ccc(NC(=O)C(N)c2ccccc2)cc1. The van der Waals surface area contributed by atoms with E-state index in [2.05, 4.69) is 15.4 Å². The number of amides is 2. The number of rotatable bonds is 4. The molecule has 0 aromatic heterocycles. The second-order valence-electron chi connectivity index (χ2n) is 4.57. The minimum atomic E-state index is -0.742. The summed E-state index contributed by atoms with van der Waals surface area (Å²) < 4.78 is 4.49. The lowest BCUT2D eigenvalue weighted by atomic mass is 10.1. The van der Waals surface area contributed by atoms with Gasteiger partial charge in [-0.3, -0.25) is 10.1 Å². The highest BCUT2D eigenvalue weighted by molar-refractivity contribution is 5.95. The minimum absolute atomic E-state index is 0.306. The van der Waals surface area contributed by atoms with Gasteiger partial charge in [0.15, 0.2) is 0 Å². The van der Waals surface area contributed by atoms with Crippen LogP contribution in [-0.4, -0.2) is 19.1 Å². The van der Waals surface area contributed by atoms with Crippen molar-refractivity contribution in [1.29, 1.82) is 0 Å². The molecule has 22 heavy (non-hydrogen) atoms. The zero-order valence-electron chi connectivity index (χ0n) is 12.1. The van der Waals surface area contributed by atoms with Crippen LogP contribution in [0.3, 0.4) is 0 Å². The van der Waals surface area contributed by atoms with Crippen LogP contribution in [0.25, 0.3) is 0 Å². The van der Waals surface area contributed by atoms with Gasteiger partial charge in [-0.05, 0) is 29.8 Å². The molecule has 0 saturated carbocycles. The van der Waals surface area contributed by atoms with Gasteiger partial charge in [-0.2, -0.15) is 0 Å². The first kappa shape index (κ1) is 15.5. The molecule has 2 aromatic carbocycles. The Morgan fingerprint density at radius 1 is 0.955 bits per heavy atom. The van der Waals surface area contributed by atoms with Crippen LogP contribution in [0, 0.1) is 0 Å². The number of benzene rings is 2. The van der Waals surface area contributed by atoms with Gasteiger partial charge in [0.25, 0.3) is 0 Å². The normalized spacial score (nSPS) is 11.4. The first-order chi connectivity index (χ1) is 10.6. The van der Waals surface area contributed by atoms with E-state index in [-0.39, 0.29) is 5.91 Å². The maximum Gasteiger partial charge on any atom is 0.411 e. The van der Waals surface area contributed by atoms with Crippen LogP contribution in [0.5, 0.6) is 0 Å². The number of hydrogen-bond donors (Lipinski definition) is 3. The zero-order valence-corrected chi connectivity index (χ0v) is 12.1. The summed E-state index contributed by atoms with van der Waals surface area (Å²) >= 11 is 0. The Bertz CT molecular complexity index is 641. The molecule has 114 valence electrons. The van der Waals surface area contributed by atoms with E-state index in [0.29, 0.717) is 11.4 Å². The highest BCUT2D eigenvalue weighted by atomic mass is 16.5. The summed E-state index contributed by atoms with van der Waals surface area (Å²) in [6.07, 6.45) is -0.553. The highest BCUT2D eigenvalue weighted by Crippen LogP contribution is 2.16. The fraction of sp³-hybridized carbons (Fsp3) is 0.125. The molecule has 0 fully saturated rings. The minimum Gasteiger partial charge on any atom is -0.453 e. The molecule has 6 heteroatoms. The Hall–Kier alpha value is -2.86. The van der Waals surface area contributed by atoms with Gasteiger partial charge in [-0.15, -0.1) is 0 Å². The van der Waals surface area contributed by atoms with Crippen LogP contribution in [0.2, 0.25) is 0 Å². The molecule has 0 aliphatic carbocycles. The molecule has 0 bridgehead atoms. The van der Waals surface area contributed by atoms with Crippen molar-refractivity contribution < 1.29 is 14.3 Å². The monoisotopic (exact) mass is 299 g/mol. The summed E-state index contributed by atoms with van der Waals surface area (Å²) in [6, 6.07) is 15.0. The topological polar surface area (TPSA) is 93.5 Å². The fourth-order valence-corrected chi connectivity index (χ4v) is 1.84. The van der Waals surface area contributed by atoms with E-state index in [1.807, 2.05) is 18.2 Å². The summed E-state index contributed by atoms with van der Waals surface area (Å²) in [6.45, 7) is 0. The molecule has 4 N–H and O–H groups in total. The second-order valence-corrected chi connectivity index (χ2v) is 4.57. The van der Waals surface area contributed by atoms with Gasteiger partial charge in [-0.25, -0.2) is 4.79 Å². The molecular weight excluding hydrogens is 282 g/mol. The quantitative estimate of drug-likeness (QED) is 0.808. The molecular formula is C16H17N3O3. The van der Waals surface area contributed by atoms with E-state index < -0.39 is 12.1 Å². The number of ether oxygens (including phenoxy) is 1. The molecule has 0 aliphatic rings. The van der Waals surface area contributed by atoms with Crippen LogP contribution in [0.15, 0.2) is 54.6 Å². The smallest absolute Gasteiger partial charge is 0.411 e. The van der Waals surface area contributed by atoms with Crippen LogP contribution in [0.1, 0.15) is 11.6 Å². The molecule has 2 rings (SSSR count). The number of nitrogens with two attached hydrogens (primary N) is 1. The Labute approximate surface area is 128 Å². The fourth-order valence-electron chi connectivity index (χ4n) is 1.84.